The molecule has 3 N–H and O–H groups in total. The van der Waals surface area contributed by atoms with Crippen LogP contribution in [0.5, 0.6) is 0 Å². The van der Waals surface area contributed by atoms with Gasteiger partial charge in [-0.15, -0.1) is 0 Å². The summed E-state index contributed by atoms with van der Waals surface area (Å²) in [6, 6.07) is 0.433. The van der Waals surface area contributed by atoms with E-state index < -0.39 is 54.3 Å². The molecule has 1 aromatic rings. The van der Waals surface area contributed by atoms with E-state index in [4.69, 9.17) is 19.1 Å². The lowest BCUT2D eigenvalue weighted by atomic mass is 10.3. The number of hydrogen-bond acceptors (Lipinski definition) is 7. The molecule has 116 valence electrons. The van der Waals surface area contributed by atoms with E-state index in [1.807, 2.05) is 0 Å². The molecule has 0 radical (unpaired) electrons. The Hall–Kier alpha value is -0.900. The van der Waals surface area contributed by atoms with Crippen LogP contribution in [0.15, 0.2) is 20.8 Å². The molecule has 11 nitrogen and oxygen atoms in total. The number of rotatable bonds is 3. The highest BCUT2D eigenvalue weighted by Gasteiger charge is 2.42. The topological polar surface area (TPSA) is 191 Å². The molecule has 0 aliphatic carbocycles. The molecule has 0 fully saturated rings. The van der Waals surface area contributed by atoms with Gasteiger partial charge in [-0.25, -0.2) is 0 Å². The van der Waals surface area contributed by atoms with Crippen molar-refractivity contribution in [3.8, 4) is 0 Å². The lowest BCUT2D eigenvalue weighted by Gasteiger charge is -2.06. The van der Waals surface area contributed by atoms with Gasteiger partial charge in [0, 0.05) is 3.57 Å². The van der Waals surface area contributed by atoms with E-state index in [1.165, 1.54) is 0 Å². The van der Waals surface area contributed by atoms with Crippen molar-refractivity contribution in [1.29, 1.82) is 5.39 Å². The molecule has 1 aromatic carbocycles. The number of nitrogens with zero attached hydrogens (tertiary/aromatic N) is 2. The smallest absolute Gasteiger partial charge is 0.282 e. The quantitative estimate of drug-likeness (QED) is 0.318. The van der Waals surface area contributed by atoms with Crippen LogP contribution in [-0.2, 0) is 30.4 Å². The maximum Gasteiger partial charge on any atom is 0.428 e. The molecular weight excluding hydrogens is 467 g/mol. The Morgan fingerprint density at radius 2 is 1.33 bits per heavy atom. The van der Waals surface area contributed by atoms with Crippen LogP contribution in [0.4, 0.5) is 5.69 Å². The first-order valence-corrected chi connectivity index (χ1v) is 9.75. The summed E-state index contributed by atoms with van der Waals surface area (Å²) in [5, 5.41) is 8.70. The zero-order valence-electron chi connectivity index (χ0n) is 9.37. The molecule has 0 bridgehead atoms. The Bertz CT molecular complexity index is 971. The fourth-order valence-corrected chi connectivity index (χ4v) is 5.88. The Kier molecular flexibility index (Phi) is 4.65. The second-order valence-corrected chi connectivity index (χ2v) is 8.66. The van der Waals surface area contributed by atoms with E-state index in [2.05, 4.69) is 4.98 Å². The summed E-state index contributed by atoms with van der Waals surface area (Å²) in [7, 11) is -15.8. The fraction of sp³-hybridized carbons (Fsp3) is 0. The highest BCUT2D eigenvalue weighted by atomic mass is 127. The summed E-state index contributed by atoms with van der Waals surface area (Å²) in [6.45, 7) is 0. The molecule has 0 aliphatic heterocycles. The van der Waals surface area contributed by atoms with Gasteiger partial charge in [0.25, 0.3) is 10.1 Å². The molecule has 1 rings (SSSR count). The Balaban J connectivity index is 4.34. The monoisotopic (exact) mass is 471 g/mol. The van der Waals surface area contributed by atoms with Gasteiger partial charge in [0.2, 0.25) is 10.3 Å². The van der Waals surface area contributed by atoms with Gasteiger partial charge in [-0.05, 0) is 28.7 Å². The van der Waals surface area contributed by atoms with Crippen molar-refractivity contribution < 1.29 is 38.9 Å². The number of hydrogen-bond donors (Lipinski definition) is 3. The average Bonchev–Trinajstić information content (AvgIpc) is 2.23. The van der Waals surface area contributed by atoms with E-state index in [0.717, 1.165) is 22.6 Å². The van der Waals surface area contributed by atoms with Crippen LogP contribution in [0.2, 0.25) is 0 Å². The third-order valence-electron chi connectivity index (χ3n) is 2.02. The minimum atomic E-state index is -5.44. The van der Waals surface area contributed by atoms with Crippen molar-refractivity contribution in [2.24, 2.45) is 0 Å². The van der Waals surface area contributed by atoms with Gasteiger partial charge >= 0.3 is 25.9 Å². The van der Waals surface area contributed by atoms with Crippen LogP contribution in [0.3, 0.4) is 0 Å². The molecule has 0 saturated carbocycles. The van der Waals surface area contributed by atoms with Gasteiger partial charge in [-0.2, -0.15) is 25.3 Å². The molecule has 21 heavy (non-hydrogen) atoms. The van der Waals surface area contributed by atoms with Gasteiger partial charge in [-0.1, -0.05) is 0 Å². The van der Waals surface area contributed by atoms with Crippen LogP contribution < -0.4 is 0 Å². The molecule has 0 saturated heterocycles. The Morgan fingerprint density at radius 1 is 0.905 bits per heavy atom. The van der Waals surface area contributed by atoms with Gasteiger partial charge in [0.15, 0.2) is 9.87 Å². The van der Waals surface area contributed by atoms with Crippen molar-refractivity contribution in [1.82, 2.24) is 0 Å². The van der Waals surface area contributed by atoms with Crippen molar-refractivity contribution in [2.45, 2.75) is 14.7 Å². The highest BCUT2D eigenvalue weighted by Crippen LogP contribution is 2.39. The molecular formula is C6H4IN2O9S3+. The molecule has 0 amide bonds. The van der Waals surface area contributed by atoms with Crippen molar-refractivity contribution in [3.63, 3.8) is 0 Å². The second kappa shape index (κ2) is 5.38. The zero-order chi connectivity index (χ0) is 16.8. The van der Waals surface area contributed by atoms with Crippen LogP contribution in [0, 0.1) is 8.96 Å². The summed E-state index contributed by atoms with van der Waals surface area (Å²) in [6.07, 6.45) is 0. The zero-order valence-corrected chi connectivity index (χ0v) is 14.0. The maximum atomic E-state index is 11.2. The molecule has 0 aliphatic rings. The Labute approximate surface area is 132 Å². The van der Waals surface area contributed by atoms with Gasteiger partial charge < -0.3 is 0 Å². The maximum absolute atomic E-state index is 11.2. The molecule has 15 heteroatoms. The van der Waals surface area contributed by atoms with Crippen LogP contribution in [0.1, 0.15) is 0 Å². The van der Waals surface area contributed by atoms with E-state index >= 15 is 0 Å². The van der Waals surface area contributed by atoms with Gasteiger partial charge in [-0.3, -0.25) is 13.7 Å². The predicted octanol–water partition coefficient (Wildman–Crippen LogP) is 0.516. The standard InChI is InChI=1S/C6H3IN2O9S3/c7-2-1-3(19(10,11)12)4(9-8)6(21(16,17)18)5(2)20(13,14)15/h1H,(H2-,10,11,12,13,14,15,16,17,18)/p+1. The van der Waals surface area contributed by atoms with Crippen LogP contribution in [0.25, 0.3) is 4.98 Å². The van der Waals surface area contributed by atoms with Crippen molar-refractivity contribution in [2.75, 3.05) is 0 Å². The third-order valence-corrected chi connectivity index (χ3v) is 6.09. The summed E-state index contributed by atoms with van der Waals surface area (Å²) in [4.78, 5) is -2.11. The molecule has 0 spiro atoms. The molecule has 0 heterocycles. The summed E-state index contributed by atoms with van der Waals surface area (Å²) in [5.41, 5.74) is -1.46. The number of halogens is 1. The third kappa shape index (κ3) is 3.65. The summed E-state index contributed by atoms with van der Waals surface area (Å²) < 4.78 is 93.3. The van der Waals surface area contributed by atoms with Gasteiger partial charge in [0.05, 0.1) is 0 Å². The van der Waals surface area contributed by atoms with E-state index in [1.54, 1.807) is 0 Å². The average molecular weight is 471 g/mol. The lowest BCUT2D eigenvalue weighted by Crippen LogP contribution is -2.13. The SMILES string of the molecule is N#[N+]c1c(S(=O)(=O)O)cc(I)c(S(=O)(=O)O)c1S(=O)(=O)O. The molecule has 0 unspecified atom stereocenters. The normalized spacial score (nSPS) is 12.9. The van der Waals surface area contributed by atoms with Crippen molar-refractivity contribution >= 4 is 58.6 Å². The minimum absolute atomic E-state index is 0.433. The largest absolute Gasteiger partial charge is 0.428 e. The van der Waals surface area contributed by atoms with E-state index in [9.17, 15) is 25.3 Å². The van der Waals surface area contributed by atoms with Crippen LogP contribution in [-0.4, -0.2) is 38.9 Å². The number of diazo groups is 1. The summed E-state index contributed by atoms with van der Waals surface area (Å²) >= 11 is 1.14. The minimum Gasteiger partial charge on any atom is -0.282 e. The lowest BCUT2D eigenvalue weighted by molar-refractivity contribution is 0.464. The summed E-state index contributed by atoms with van der Waals surface area (Å²) in [5.74, 6) is 0. The van der Waals surface area contributed by atoms with Crippen LogP contribution >= 0.6 is 22.6 Å². The highest BCUT2D eigenvalue weighted by molar-refractivity contribution is 14.1. The second-order valence-electron chi connectivity index (χ2n) is 3.39. The van der Waals surface area contributed by atoms with E-state index in [-0.39, 0.29) is 0 Å². The fourth-order valence-electron chi connectivity index (χ4n) is 1.35. The number of benzene rings is 1. The van der Waals surface area contributed by atoms with Crippen molar-refractivity contribution in [3.05, 3.63) is 14.6 Å². The van der Waals surface area contributed by atoms with Gasteiger partial charge in [0.1, 0.15) is 4.90 Å². The van der Waals surface area contributed by atoms with E-state index in [0.29, 0.717) is 6.07 Å². The first-order valence-electron chi connectivity index (χ1n) is 4.35. The molecule has 0 aromatic heterocycles. The first-order chi connectivity index (χ1) is 9.21. The first kappa shape index (κ1) is 18.1. The molecule has 0 atom stereocenters. The Morgan fingerprint density at radius 3 is 1.62 bits per heavy atom. The predicted molar refractivity (Wildman–Crippen MR) is 73.3 cm³/mol.